The van der Waals surface area contributed by atoms with E-state index in [0.717, 1.165) is 56.9 Å². The van der Waals surface area contributed by atoms with Crippen LogP contribution in [-0.2, 0) is 14.3 Å². The highest BCUT2D eigenvalue weighted by atomic mass is 16.5. The first-order chi connectivity index (χ1) is 13.6. The smallest absolute Gasteiger partial charge is 0.333 e. The van der Waals surface area contributed by atoms with Gasteiger partial charge in [0.15, 0.2) is 0 Å². The number of carbonyl (C=O) groups excluding carboxylic acids is 1. The van der Waals surface area contributed by atoms with Crippen molar-refractivity contribution in [3.05, 3.63) is 23.8 Å². The quantitative estimate of drug-likeness (QED) is 0.384. The van der Waals surface area contributed by atoms with E-state index in [0.29, 0.717) is 17.4 Å². The van der Waals surface area contributed by atoms with Crippen LogP contribution in [-0.4, -0.2) is 23.1 Å². The van der Waals surface area contributed by atoms with E-state index in [1.54, 1.807) is 13.0 Å². The van der Waals surface area contributed by atoms with E-state index in [4.69, 9.17) is 4.74 Å². The second kappa shape index (κ2) is 6.72. The maximum absolute atomic E-state index is 12.7. The van der Waals surface area contributed by atoms with Crippen molar-refractivity contribution < 1.29 is 19.4 Å². The molecule has 4 rings (SSSR count). The molecule has 1 N–H and O–H groups in total. The third-order valence-electron chi connectivity index (χ3n) is 9.65. The molecule has 1 spiro atoms. The number of fused-ring (bicyclic) bond motifs is 3. The van der Waals surface area contributed by atoms with E-state index >= 15 is 0 Å². The number of carboxylic acids is 1. The lowest BCUT2D eigenvalue weighted by Gasteiger charge is -2.63. The summed E-state index contributed by atoms with van der Waals surface area (Å²) in [5.74, 6) is 0.151. The molecular weight excluding hydrogens is 364 g/mol. The Hall–Kier alpha value is -1.58. The Bertz CT molecular complexity index is 782. The number of aliphatic carboxylic acids is 1. The first-order valence-electron chi connectivity index (χ1n) is 11.4. The van der Waals surface area contributed by atoms with Crippen LogP contribution in [0.3, 0.4) is 0 Å². The molecule has 0 aromatic heterocycles. The predicted molar refractivity (Wildman–Crippen MR) is 112 cm³/mol. The Kier molecular flexibility index (Phi) is 4.79. The first kappa shape index (κ1) is 20.7. The summed E-state index contributed by atoms with van der Waals surface area (Å²) in [7, 11) is 0. The van der Waals surface area contributed by atoms with Crippen LogP contribution in [0.5, 0.6) is 0 Å². The summed E-state index contributed by atoms with van der Waals surface area (Å²) < 4.78 is 6.15. The fourth-order valence-corrected chi connectivity index (χ4v) is 8.10. The zero-order valence-corrected chi connectivity index (χ0v) is 18.4. The number of ether oxygens (including phenoxy) is 1. The van der Waals surface area contributed by atoms with Crippen LogP contribution in [0.4, 0.5) is 0 Å². The second-order valence-electron chi connectivity index (χ2n) is 10.8. The molecule has 0 heterocycles. The van der Waals surface area contributed by atoms with Crippen molar-refractivity contribution >= 4 is 11.9 Å². The number of hydrogen-bond donors (Lipinski definition) is 1. The van der Waals surface area contributed by atoms with E-state index in [1.165, 1.54) is 0 Å². The van der Waals surface area contributed by atoms with Gasteiger partial charge in [-0.2, -0.15) is 0 Å². The molecule has 4 aliphatic carbocycles. The molecule has 4 saturated carbocycles. The minimum absolute atomic E-state index is 0.0144. The van der Waals surface area contributed by atoms with Gasteiger partial charge in [-0.15, -0.1) is 0 Å². The molecule has 0 saturated heterocycles. The molecule has 0 aromatic rings. The zero-order chi connectivity index (χ0) is 21.2. The van der Waals surface area contributed by atoms with Gasteiger partial charge in [0.25, 0.3) is 0 Å². The topological polar surface area (TPSA) is 63.6 Å². The first-order valence-corrected chi connectivity index (χ1v) is 11.4. The van der Waals surface area contributed by atoms with Crippen LogP contribution in [0.25, 0.3) is 0 Å². The summed E-state index contributed by atoms with van der Waals surface area (Å²) >= 11 is 0. The molecular formula is C25H36O4. The molecule has 29 heavy (non-hydrogen) atoms. The number of hydrogen-bond acceptors (Lipinski definition) is 3. The van der Waals surface area contributed by atoms with Gasteiger partial charge in [-0.05, 0) is 94.5 Å². The lowest BCUT2D eigenvalue weighted by atomic mass is 9.40. The largest absolute Gasteiger partial charge is 0.481 e. The van der Waals surface area contributed by atoms with Crippen molar-refractivity contribution in [2.75, 3.05) is 0 Å². The van der Waals surface area contributed by atoms with Gasteiger partial charge < -0.3 is 9.84 Å². The number of rotatable bonds is 3. The van der Waals surface area contributed by atoms with Gasteiger partial charge in [-0.1, -0.05) is 26.0 Å². The summed E-state index contributed by atoms with van der Waals surface area (Å²) in [6.45, 7) is 12.4. The lowest BCUT2D eigenvalue weighted by molar-refractivity contribution is -0.195. The normalized spacial score (nSPS) is 46.6. The Morgan fingerprint density at radius 2 is 1.86 bits per heavy atom. The molecule has 0 radical (unpaired) electrons. The highest BCUT2D eigenvalue weighted by molar-refractivity contribution is 5.88. The van der Waals surface area contributed by atoms with Gasteiger partial charge in [-0.25, -0.2) is 4.79 Å². The average Bonchev–Trinajstić information content (AvgIpc) is 2.87. The third-order valence-corrected chi connectivity index (χ3v) is 9.65. The molecule has 0 aromatic carbocycles. The molecule has 0 aliphatic heterocycles. The third kappa shape index (κ3) is 2.70. The van der Waals surface area contributed by atoms with E-state index in [-0.39, 0.29) is 28.8 Å². The molecule has 2 bridgehead atoms. The Balaban J connectivity index is 1.73. The highest BCUT2D eigenvalue weighted by Gasteiger charge is 2.68. The van der Waals surface area contributed by atoms with Crippen molar-refractivity contribution in [2.45, 2.75) is 85.2 Å². The van der Waals surface area contributed by atoms with Crippen LogP contribution in [0.1, 0.15) is 79.1 Å². The summed E-state index contributed by atoms with van der Waals surface area (Å²) in [5, 5.41) is 10.1. The van der Waals surface area contributed by atoms with Gasteiger partial charge >= 0.3 is 11.9 Å². The van der Waals surface area contributed by atoms with Gasteiger partial charge in [0.1, 0.15) is 6.10 Å². The monoisotopic (exact) mass is 400 g/mol. The fraction of sp³-hybridized carbons (Fsp3) is 0.760. The van der Waals surface area contributed by atoms with E-state index in [2.05, 4.69) is 13.5 Å². The van der Waals surface area contributed by atoms with Crippen LogP contribution < -0.4 is 0 Å². The van der Waals surface area contributed by atoms with Crippen LogP contribution >= 0.6 is 0 Å². The molecule has 4 nitrogen and oxygen atoms in total. The highest BCUT2D eigenvalue weighted by Crippen LogP contribution is 2.72. The average molecular weight is 401 g/mol. The van der Waals surface area contributed by atoms with Crippen LogP contribution in [0.15, 0.2) is 23.8 Å². The van der Waals surface area contributed by atoms with Crippen molar-refractivity contribution in [3.8, 4) is 0 Å². The van der Waals surface area contributed by atoms with E-state index in [1.807, 2.05) is 13.8 Å². The van der Waals surface area contributed by atoms with Gasteiger partial charge in [-0.3, -0.25) is 4.79 Å². The molecule has 0 amide bonds. The summed E-state index contributed by atoms with van der Waals surface area (Å²) in [5.41, 5.74) is 1.02. The standard InChI is InChI=1S/C25H36O4/c1-6-15(2)21(26)29-20-16(3)17-8-9-19-23(4)11-7-12-24(5,22(27)28)18(23)10-13-25(19,20)14-17/h6,17-20H,3,7-14H2,1-2,4-5H3,(H,27,28)/b15-6-/t17-,18-,19-,20-,23-,24-,25+/m1/s1. The van der Waals surface area contributed by atoms with Gasteiger partial charge in [0, 0.05) is 11.0 Å². The van der Waals surface area contributed by atoms with Crippen LogP contribution in [0, 0.1) is 34.0 Å². The number of carbonyl (C=O) groups is 2. The van der Waals surface area contributed by atoms with Crippen LogP contribution in [0.2, 0.25) is 0 Å². The summed E-state index contributed by atoms with van der Waals surface area (Å²) in [6, 6.07) is 0. The minimum Gasteiger partial charge on any atom is -0.481 e. The number of allylic oxidation sites excluding steroid dienone is 1. The van der Waals surface area contributed by atoms with Crippen molar-refractivity contribution in [2.24, 2.45) is 34.0 Å². The van der Waals surface area contributed by atoms with Gasteiger partial charge in [0.2, 0.25) is 0 Å². The van der Waals surface area contributed by atoms with Crippen molar-refractivity contribution in [3.63, 3.8) is 0 Å². The van der Waals surface area contributed by atoms with E-state index < -0.39 is 11.4 Å². The minimum atomic E-state index is -0.644. The molecule has 4 aliphatic rings. The Morgan fingerprint density at radius 3 is 2.52 bits per heavy atom. The zero-order valence-electron chi connectivity index (χ0n) is 18.4. The van der Waals surface area contributed by atoms with Crippen molar-refractivity contribution in [1.29, 1.82) is 0 Å². The molecule has 4 fully saturated rings. The van der Waals surface area contributed by atoms with Crippen molar-refractivity contribution in [1.82, 2.24) is 0 Å². The predicted octanol–water partition coefficient (Wildman–Crippen LogP) is 5.53. The SMILES string of the molecule is C=C1[C@@H]2CC[C@@H]3[C@]4(C)CCC[C@@](C)(C(=O)O)[C@@H]4CC[C@@]3(C2)[C@@H]1OC(=O)/C(C)=C\C. The van der Waals surface area contributed by atoms with E-state index in [9.17, 15) is 14.7 Å². The summed E-state index contributed by atoms with van der Waals surface area (Å²) in [6.07, 6.45) is 9.50. The lowest BCUT2D eigenvalue weighted by Crippen LogP contribution is -2.60. The molecule has 160 valence electrons. The fourth-order valence-electron chi connectivity index (χ4n) is 8.10. The maximum Gasteiger partial charge on any atom is 0.333 e. The molecule has 7 atom stereocenters. The number of carboxylic acid groups (broad SMARTS) is 1. The second-order valence-corrected chi connectivity index (χ2v) is 10.8. The molecule has 4 heteroatoms. The van der Waals surface area contributed by atoms with Gasteiger partial charge in [0.05, 0.1) is 5.41 Å². The summed E-state index contributed by atoms with van der Waals surface area (Å²) in [4.78, 5) is 25.0. The molecule has 0 unspecified atom stereocenters. The maximum atomic E-state index is 12.7. The number of esters is 1. The Labute approximate surface area is 174 Å². The Morgan fingerprint density at radius 1 is 1.14 bits per heavy atom.